The maximum absolute atomic E-state index is 12.7. The molecule has 0 aliphatic carbocycles. The van der Waals surface area contributed by atoms with Crippen molar-refractivity contribution in [1.29, 1.82) is 5.41 Å². The summed E-state index contributed by atoms with van der Waals surface area (Å²) in [5.41, 5.74) is 2.57. The topological polar surface area (TPSA) is 66.1 Å². The molecule has 4 nitrogen and oxygen atoms in total. The van der Waals surface area contributed by atoms with Crippen molar-refractivity contribution in [3.63, 3.8) is 0 Å². The van der Waals surface area contributed by atoms with Gasteiger partial charge in [-0.05, 0) is 47.0 Å². The number of rotatable bonds is 3. The van der Waals surface area contributed by atoms with Crippen LogP contribution in [0, 0.1) is 5.41 Å². The Balaban J connectivity index is 1.77. The lowest BCUT2D eigenvalue weighted by atomic mass is 10.0. The van der Waals surface area contributed by atoms with Crippen LogP contribution in [0.3, 0.4) is 0 Å². The lowest BCUT2D eigenvalue weighted by molar-refractivity contribution is 0.102. The molecule has 0 saturated carbocycles. The highest BCUT2D eigenvalue weighted by Crippen LogP contribution is 2.25. The molecule has 1 heterocycles. The zero-order valence-corrected chi connectivity index (χ0v) is 14.4. The summed E-state index contributed by atoms with van der Waals surface area (Å²) in [7, 11) is 0. The van der Waals surface area contributed by atoms with Gasteiger partial charge >= 0.3 is 0 Å². The highest BCUT2D eigenvalue weighted by Gasteiger charge is 2.13. The van der Waals surface area contributed by atoms with Gasteiger partial charge in [-0.25, -0.2) is 0 Å². The number of fused-ring (bicyclic) bond motifs is 3. The van der Waals surface area contributed by atoms with E-state index in [1.807, 2.05) is 60.7 Å². The largest absolute Gasteiger partial charge is 0.438 e. The maximum Gasteiger partial charge on any atom is 0.261 e. The Morgan fingerprint density at radius 2 is 1.77 bits per heavy atom. The Kier molecular flexibility index (Phi) is 4.01. The van der Waals surface area contributed by atoms with Crippen LogP contribution < -0.4 is 10.9 Å². The number of nitrogens with one attached hydrogen (secondary N) is 2. The monoisotopic (exact) mass is 342 g/mol. The van der Waals surface area contributed by atoms with Crippen LogP contribution in [0.25, 0.3) is 21.7 Å². The molecule has 0 aliphatic heterocycles. The van der Waals surface area contributed by atoms with Crippen molar-refractivity contribution >= 4 is 33.3 Å². The van der Waals surface area contributed by atoms with Crippen LogP contribution in [0.1, 0.15) is 22.8 Å². The van der Waals surface area contributed by atoms with Crippen molar-refractivity contribution in [3.05, 3.63) is 83.4 Å². The van der Waals surface area contributed by atoms with Gasteiger partial charge in [-0.15, -0.1) is 0 Å². The number of hydrogen-bond donors (Lipinski definition) is 2. The van der Waals surface area contributed by atoms with Crippen LogP contribution >= 0.6 is 0 Å². The number of anilines is 1. The predicted molar refractivity (Wildman–Crippen MR) is 103 cm³/mol. The fourth-order valence-electron chi connectivity index (χ4n) is 3.08. The molecule has 0 fully saturated rings. The zero-order chi connectivity index (χ0) is 18.1. The molecule has 4 heteroatoms. The molecule has 1 aromatic heterocycles. The Labute approximate surface area is 150 Å². The minimum atomic E-state index is -0.349. The third-order valence-electron chi connectivity index (χ3n) is 4.54. The highest BCUT2D eigenvalue weighted by molar-refractivity contribution is 6.10. The molecule has 0 radical (unpaired) electrons. The van der Waals surface area contributed by atoms with E-state index in [0.717, 1.165) is 22.6 Å². The van der Waals surface area contributed by atoms with E-state index in [2.05, 4.69) is 12.2 Å². The molecular formula is C22H18N2O2. The Bertz CT molecular complexity index is 1170. The second kappa shape index (κ2) is 6.48. The third kappa shape index (κ3) is 2.86. The molecule has 0 aliphatic rings. The van der Waals surface area contributed by atoms with E-state index in [1.54, 1.807) is 6.07 Å². The Morgan fingerprint density at radius 3 is 2.54 bits per heavy atom. The number of aryl methyl sites for hydroxylation is 1. The molecule has 0 bridgehead atoms. The number of carbonyl (C=O) groups excluding carboxylic acids is 1. The quantitative estimate of drug-likeness (QED) is 0.521. The fraction of sp³-hybridized carbons (Fsp3) is 0.0909. The van der Waals surface area contributed by atoms with E-state index in [4.69, 9.17) is 9.83 Å². The SMILES string of the molecule is CCc1ccc(NC(=O)c2cc3c(ccc4ccccc43)oc2=N)cc1. The summed E-state index contributed by atoms with van der Waals surface area (Å²) in [6.45, 7) is 2.08. The van der Waals surface area contributed by atoms with Gasteiger partial charge in [-0.1, -0.05) is 49.4 Å². The molecule has 26 heavy (non-hydrogen) atoms. The summed E-state index contributed by atoms with van der Waals surface area (Å²) < 4.78 is 5.60. The number of carbonyl (C=O) groups is 1. The Morgan fingerprint density at radius 1 is 1.00 bits per heavy atom. The average molecular weight is 342 g/mol. The lowest BCUT2D eigenvalue weighted by Crippen LogP contribution is -2.20. The van der Waals surface area contributed by atoms with Crippen molar-refractivity contribution < 1.29 is 9.21 Å². The first-order valence-corrected chi connectivity index (χ1v) is 8.56. The van der Waals surface area contributed by atoms with Crippen LogP contribution in [0.5, 0.6) is 0 Å². The Hall–Kier alpha value is -3.40. The molecule has 3 aromatic carbocycles. The summed E-state index contributed by atoms with van der Waals surface area (Å²) in [6.07, 6.45) is 0.946. The first kappa shape index (κ1) is 16.1. The van der Waals surface area contributed by atoms with E-state index in [0.29, 0.717) is 11.3 Å². The van der Waals surface area contributed by atoms with Gasteiger partial charge in [0, 0.05) is 11.1 Å². The van der Waals surface area contributed by atoms with Gasteiger partial charge < -0.3 is 9.73 Å². The summed E-state index contributed by atoms with van der Waals surface area (Å²) in [5, 5.41) is 13.8. The summed E-state index contributed by atoms with van der Waals surface area (Å²) in [4.78, 5) is 12.7. The normalized spacial score (nSPS) is 11.0. The van der Waals surface area contributed by atoms with Crippen molar-refractivity contribution in [1.82, 2.24) is 0 Å². The van der Waals surface area contributed by atoms with Gasteiger partial charge in [0.1, 0.15) is 11.1 Å². The van der Waals surface area contributed by atoms with E-state index >= 15 is 0 Å². The average Bonchev–Trinajstić information content (AvgIpc) is 2.67. The molecule has 0 spiro atoms. The maximum atomic E-state index is 12.7. The highest BCUT2D eigenvalue weighted by atomic mass is 16.3. The summed E-state index contributed by atoms with van der Waals surface area (Å²) in [6, 6.07) is 21.1. The number of benzene rings is 3. The van der Waals surface area contributed by atoms with E-state index in [9.17, 15) is 4.79 Å². The summed E-state index contributed by atoms with van der Waals surface area (Å²) in [5.74, 6) is -0.349. The van der Waals surface area contributed by atoms with Gasteiger partial charge in [-0.3, -0.25) is 10.2 Å². The van der Waals surface area contributed by atoms with Crippen LogP contribution in [-0.4, -0.2) is 5.91 Å². The van der Waals surface area contributed by atoms with Crippen molar-refractivity contribution in [2.45, 2.75) is 13.3 Å². The fourth-order valence-corrected chi connectivity index (χ4v) is 3.08. The molecule has 2 N–H and O–H groups in total. The van der Waals surface area contributed by atoms with Crippen LogP contribution in [-0.2, 0) is 6.42 Å². The molecule has 128 valence electrons. The molecule has 0 atom stereocenters. The van der Waals surface area contributed by atoms with Gasteiger partial charge in [-0.2, -0.15) is 0 Å². The van der Waals surface area contributed by atoms with E-state index < -0.39 is 0 Å². The first-order chi connectivity index (χ1) is 12.7. The molecular weight excluding hydrogens is 324 g/mol. The second-order valence-electron chi connectivity index (χ2n) is 6.19. The van der Waals surface area contributed by atoms with E-state index in [-0.39, 0.29) is 17.0 Å². The minimum Gasteiger partial charge on any atom is -0.438 e. The molecule has 4 rings (SSSR count). The van der Waals surface area contributed by atoms with Gasteiger partial charge in [0.05, 0.1) is 0 Å². The molecule has 0 saturated heterocycles. The lowest BCUT2D eigenvalue weighted by Gasteiger charge is -2.08. The smallest absolute Gasteiger partial charge is 0.261 e. The van der Waals surface area contributed by atoms with Crippen LogP contribution in [0.4, 0.5) is 5.69 Å². The first-order valence-electron chi connectivity index (χ1n) is 8.56. The van der Waals surface area contributed by atoms with Gasteiger partial charge in [0.2, 0.25) is 5.55 Å². The molecule has 0 unspecified atom stereocenters. The molecule has 4 aromatic rings. The van der Waals surface area contributed by atoms with Crippen molar-refractivity contribution in [2.24, 2.45) is 0 Å². The standard InChI is InChI=1S/C22H18N2O2/c1-2-14-7-10-16(11-8-14)24-22(25)19-13-18-17-6-4-3-5-15(17)9-12-20(18)26-21(19)23/h3-13,23H,2H2,1H3,(H,24,25). The minimum absolute atomic E-state index is 0.143. The predicted octanol–water partition coefficient (Wildman–Crippen LogP) is 4.88. The van der Waals surface area contributed by atoms with Crippen molar-refractivity contribution in [3.8, 4) is 0 Å². The third-order valence-corrected chi connectivity index (χ3v) is 4.54. The van der Waals surface area contributed by atoms with Crippen LogP contribution in [0.2, 0.25) is 0 Å². The number of hydrogen-bond acceptors (Lipinski definition) is 3. The number of amides is 1. The van der Waals surface area contributed by atoms with Gasteiger partial charge in [0.15, 0.2) is 0 Å². The van der Waals surface area contributed by atoms with Gasteiger partial charge in [0.25, 0.3) is 5.91 Å². The van der Waals surface area contributed by atoms with Crippen molar-refractivity contribution in [2.75, 3.05) is 5.32 Å². The summed E-state index contributed by atoms with van der Waals surface area (Å²) >= 11 is 0. The second-order valence-corrected chi connectivity index (χ2v) is 6.19. The zero-order valence-electron chi connectivity index (χ0n) is 14.4. The molecule has 1 amide bonds. The van der Waals surface area contributed by atoms with E-state index in [1.165, 1.54) is 5.56 Å². The van der Waals surface area contributed by atoms with Crippen LogP contribution in [0.15, 0.2) is 71.1 Å².